The van der Waals surface area contributed by atoms with Crippen molar-refractivity contribution in [3.8, 4) is 0 Å². The summed E-state index contributed by atoms with van der Waals surface area (Å²) in [4.78, 5) is 0. The van der Waals surface area contributed by atoms with Crippen LogP contribution in [0.5, 0.6) is 0 Å². The Hall–Kier alpha value is 1.75. The van der Waals surface area contributed by atoms with Crippen LogP contribution in [0.3, 0.4) is 0 Å². The summed E-state index contributed by atoms with van der Waals surface area (Å²) in [5.74, 6) is 0. The van der Waals surface area contributed by atoms with E-state index in [1.54, 1.807) is 0 Å². The maximum absolute atomic E-state index is 5.54. The van der Waals surface area contributed by atoms with Crippen molar-refractivity contribution in [3.05, 3.63) is 0 Å². The highest BCUT2D eigenvalue weighted by Crippen LogP contribution is 2.40. The highest BCUT2D eigenvalue weighted by molar-refractivity contribution is 9.09. The lowest BCUT2D eigenvalue weighted by molar-refractivity contribution is 0.161. The summed E-state index contributed by atoms with van der Waals surface area (Å²) in [7, 11) is -1.16. The van der Waals surface area contributed by atoms with Crippen molar-refractivity contribution in [2.24, 2.45) is 0 Å². The molecule has 0 aliphatic rings. The fourth-order valence-corrected chi connectivity index (χ4v) is 2.44. The van der Waals surface area contributed by atoms with Crippen LogP contribution in [0, 0.1) is 0 Å². The normalized spacial score (nSPS) is 11.2. The number of alkyl halides is 3. The van der Waals surface area contributed by atoms with Gasteiger partial charge in [-0.05, 0) is 19.3 Å². The van der Waals surface area contributed by atoms with Gasteiger partial charge in [-0.3, -0.25) is 0 Å². The average molecular weight is 445 g/mol. The van der Waals surface area contributed by atoms with E-state index < -0.39 is 8.60 Å². The summed E-state index contributed by atoms with van der Waals surface area (Å²) in [5.41, 5.74) is 0. The Bertz CT molecular complexity index is 119. The van der Waals surface area contributed by atoms with Crippen LogP contribution in [-0.4, -0.2) is 35.8 Å². The van der Waals surface area contributed by atoms with Crippen LogP contribution in [0.1, 0.15) is 19.3 Å². The highest BCUT2D eigenvalue weighted by Gasteiger charge is 2.11. The van der Waals surface area contributed by atoms with Gasteiger partial charge in [0.2, 0.25) is 0 Å². The van der Waals surface area contributed by atoms with Gasteiger partial charge in [0, 0.05) is 16.0 Å². The minimum absolute atomic E-state index is 0.680. The number of halogens is 3. The Morgan fingerprint density at radius 3 is 1.19 bits per heavy atom. The smallest absolute Gasteiger partial charge is 0.312 e. The van der Waals surface area contributed by atoms with E-state index in [0.29, 0.717) is 19.8 Å². The third-order valence-electron chi connectivity index (χ3n) is 1.42. The second-order valence-corrected chi connectivity index (χ2v) is 6.45. The lowest BCUT2D eigenvalue weighted by Gasteiger charge is -2.16. The van der Waals surface area contributed by atoms with E-state index in [9.17, 15) is 0 Å². The van der Waals surface area contributed by atoms with Crippen molar-refractivity contribution in [3.63, 3.8) is 0 Å². The van der Waals surface area contributed by atoms with Gasteiger partial charge in [0.25, 0.3) is 0 Å². The van der Waals surface area contributed by atoms with Crippen LogP contribution in [0.2, 0.25) is 0 Å². The molecule has 0 aliphatic carbocycles. The van der Waals surface area contributed by atoms with Crippen molar-refractivity contribution in [2.45, 2.75) is 19.3 Å². The molecule has 16 heavy (non-hydrogen) atoms. The molecule has 0 rings (SSSR count). The summed E-state index contributed by atoms with van der Waals surface area (Å²) in [6.07, 6.45) is 2.92. The summed E-state index contributed by atoms with van der Waals surface area (Å²) in [5, 5.41) is 2.83. The van der Waals surface area contributed by atoms with Crippen molar-refractivity contribution >= 4 is 56.4 Å². The summed E-state index contributed by atoms with van der Waals surface area (Å²) < 4.78 is 16.6. The fraction of sp³-hybridized carbons (Fsp3) is 1.00. The zero-order valence-corrected chi connectivity index (χ0v) is 14.8. The molecule has 0 unspecified atom stereocenters. The van der Waals surface area contributed by atoms with Gasteiger partial charge in [0.1, 0.15) is 0 Å². The molecule has 3 nitrogen and oxygen atoms in total. The van der Waals surface area contributed by atoms with Gasteiger partial charge in [-0.25, -0.2) is 0 Å². The van der Waals surface area contributed by atoms with Crippen LogP contribution < -0.4 is 0 Å². The van der Waals surface area contributed by atoms with Crippen LogP contribution in [-0.2, 0) is 13.6 Å². The topological polar surface area (TPSA) is 27.7 Å². The highest BCUT2D eigenvalue weighted by atomic mass is 79.9. The molecule has 0 aromatic heterocycles. The molecule has 0 aromatic rings. The predicted molar refractivity (Wildman–Crippen MR) is 80.0 cm³/mol. The molecule has 0 amide bonds. The molecule has 0 aliphatic heterocycles. The van der Waals surface area contributed by atoms with Crippen LogP contribution in [0.4, 0.5) is 0 Å². The minimum atomic E-state index is -1.16. The lowest BCUT2D eigenvalue weighted by Crippen LogP contribution is -2.01. The van der Waals surface area contributed by atoms with E-state index in [1.165, 1.54) is 0 Å². The van der Waals surface area contributed by atoms with Crippen LogP contribution in [0.25, 0.3) is 0 Å². The third kappa shape index (κ3) is 12.2. The molecule has 0 N–H and O–H groups in total. The van der Waals surface area contributed by atoms with Gasteiger partial charge in [0.15, 0.2) is 0 Å². The summed E-state index contributed by atoms with van der Waals surface area (Å²) in [6, 6.07) is 0. The molecule has 0 saturated carbocycles. The first-order valence-corrected chi connectivity index (χ1v) is 9.68. The van der Waals surface area contributed by atoms with Crippen molar-refractivity contribution in [2.75, 3.05) is 35.8 Å². The van der Waals surface area contributed by atoms with E-state index in [1.807, 2.05) is 0 Å². The van der Waals surface area contributed by atoms with Gasteiger partial charge in [-0.2, -0.15) is 0 Å². The lowest BCUT2D eigenvalue weighted by atomic mass is 10.5. The number of hydrogen-bond donors (Lipinski definition) is 0. The van der Waals surface area contributed by atoms with E-state index in [4.69, 9.17) is 13.6 Å². The van der Waals surface area contributed by atoms with Gasteiger partial charge in [-0.1, -0.05) is 47.8 Å². The first-order chi connectivity index (χ1) is 7.85. The third-order valence-corrected chi connectivity index (χ3v) is 4.29. The molecular weight excluding hydrogens is 427 g/mol. The van der Waals surface area contributed by atoms with Crippen LogP contribution >= 0.6 is 56.4 Å². The Balaban J connectivity index is 3.58. The molecule has 98 valence electrons. The molecule has 0 aromatic carbocycles. The second kappa shape index (κ2) is 14.8. The Morgan fingerprint density at radius 1 is 0.625 bits per heavy atom. The molecule has 0 saturated heterocycles. The first kappa shape index (κ1) is 17.8. The minimum Gasteiger partial charge on any atom is -0.312 e. The molecule has 7 heteroatoms. The van der Waals surface area contributed by atoms with Gasteiger partial charge >= 0.3 is 8.60 Å². The van der Waals surface area contributed by atoms with Gasteiger partial charge < -0.3 is 13.6 Å². The summed E-state index contributed by atoms with van der Waals surface area (Å²) >= 11 is 10.1. The Morgan fingerprint density at radius 2 is 0.938 bits per heavy atom. The Labute approximate surface area is 124 Å². The number of hydrogen-bond acceptors (Lipinski definition) is 3. The molecule has 0 bridgehead atoms. The largest absolute Gasteiger partial charge is 0.332 e. The monoisotopic (exact) mass is 442 g/mol. The SMILES string of the molecule is BrCCCOP(OCCCBr)OCCCBr. The molecule has 0 radical (unpaired) electrons. The number of rotatable bonds is 12. The maximum atomic E-state index is 5.54. The van der Waals surface area contributed by atoms with E-state index in [2.05, 4.69) is 47.8 Å². The molecule has 0 spiro atoms. The van der Waals surface area contributed by atoms with Gasteiger partial charge in [0.05, 0.1) is 19.8 Å². The Kier molecular flexibility index (Phi) is 16.4. The van der Waals surface area contributed by atoms with Crippen LogP contribution in [0.15, 0.2) is 0 Å². The molecule has 0 fully saturated rings. The molecule has 0 atom stereocenters. The molecular formula is C9H18Br3O3P. The molecule has 0 heterocycles. The van der Waals surface area contributed by atoms with Crippen molar-refractivity contribution < 1.29 is 13.6 Å². The predicted octanol–water partition coefficient (Wildman–Crippen LogP) is 4.62. The maximum Gasteiger partial charge on any atom is 0.332 e. The fourth-order valence-electron chi connectivity index (χ4n) is 0.693. The summed E-state index contributed by atoms with van der Waals surface area (Å²) in [6.45, 7) is 2.04. The van der Waals surface area contributed by atoms with Gasteiger partial charge in [-0.15, -0.1) is 0 Å². The first-order valence-electron chi connectivity index (χ1n) is 5.22. The van der Waals surface area contributed by atoms with Crippen molar-refractivity contribution in [1.82, 2.24) is 0 Å². The average Bonchev–Trinajstić information content (AvgIpc) is 2.29. The quantitative estimate of drug-likeness (QED) is 0.250. The van der Waals surface area contributed by atoms with E-state index >= 15 is 0 Å². The second-order valence-electron chi connectivity index (χ2n) is 2.85. The zero-order chi connectivity index (χ0) is 12.1. The van der Waals surface area contributed by atoms with E-state index in [-0.39, 0.29) is 0 Å². The standard InChI is InChI=1S/C9H18Br3O3P/c10-4-1-7-13-16(14-8-2-5-11)15-9-3-6-12/h1-9H2. The zero-order valence-electron chi connectivity index (χ0n) is 9.17. The van der Waals surface area contributed by atoms with E-state index in [0.717, 1.165) is 35.3 Å². The van der Waals surface area contributed by atoms with Crippen molar-refractivity contribution in [1.29, 1.82) is 0 Å².